The van der Waals surface area contributed by atoms with E-state index in [9.17, 15) is 14.9 Å². The van der Waals surface area contributed by atoms with Gasteiger partial charge in [0.2, 0.25) is 5.91 Å². The maximum atomic E-state index is 11.7. The van der Waals surface area contributed by atoms with Gasteiger partial charge in [-0.15, -0.1) is 11.3 Å². The molecule has 0 aromatic carbocycles. The van der Waals surface area contributed by atoms with Crippen molar-refractivity contribution in [3.05, 3.63) is 28.2 Å². The Morgan fingerprint density at radius 1 is 1.35 bits per heavy atom. The first-order valence-corrected chi connectivity index (χ1v) is 7.09. The molecule has 6 heteroatoms. The number of nitrogens with zero attached hydrogens (tertiary/aromatic N) is 1. The first kappa shape index (κ1) is 14.3. The van der Waals surface area contributed by atoms with Gasteiger partial charge in [0.1, 0.15) is 11.1 Å². The minimum absolute atomic E-state index is 0.439. The molecule has 0 aliphatic heterocycles. The zero-order valence-electron chi connectivity index (χ0n) is 11.1. The van der Waals surface area contributed by atoms with Crippen LogP contribution in [0.1, 0.15) is 28.8 Å². The predicted octanol–water partition coefficient (Wildman–Crippen LogP) is 2.17. The number of anilines is 1. The third kappa shape index (κ3) is 3.06. The number of amides is 1. The van der Waals surface area contributed by atoms with Crippen molar-refractivity contribution in [2.24, 2.45) is 0 Å². The van der Waals surface area contributed by atoms with Gasteiger partial charge in [-0.3, -0.25) is 4.79 Å². The largest absolute Gasteiger partial charge is 0.466 e. The number of thiophene rings is 1. The Hall–Kier alpha value is -2.13. The van der Waals surface area contributed by atoms with Crippen molar-refractivity contribution in [2.45, 2.75) is 25.7 Å². The van der Waals surface area contributed by atoms with E-state index < -0.39 is 11.9 Å². The van der Waals surface area contributed by atoms with Gasteiger partial charge in [0.05, 0.1) is 12.7 Å². The number of nitriles is 1. The highest BCUT2D eigenvalue weighted by molar-refractivity contribution is 7.16. The van der Waals surface area contributed by atoms with Gasteiger partial charge < -0.3 is 10.1 Å². The maximum Gasteiger partial charge on any atom is 0.330 e. The van der Waals surface area contributed by atoms with Gasteiger partial charge in [-0.1, -0.05) is 0 Å². The normalized spacial score (nSPS) is 13.6. The summed E-state index contributed by atoms with van der Waals surface area (Å²) < 4.78 is 4.41. The lowest BCUT2D eigenvalue weighted by Crippen LogP contribution is -2.09. The number of fused-ring (bicyclic) bond motifs is 1. The van der Waals surface area contributed by atoms with Crippen LogP contribution < -0.4 is 5.32 Å². The average molecular weight is 290 g/mol. The molecule has 2 rings (SSSR count). The molecule has 1 heterocycles. The zero-order valence-corrected chi connectivity index (χ0v) is 11.9. The van der Waals surface area contributed by atoms with E-state index in [1.54, 1.807) is 0 Å². The molecule has 0 unspecified atom stereocenters. The van der Waals surface area contributed by atoms with Crippen LogP contribution in [0.3, 0.4) is 0 Å². The van der Waals surface area contributed by atoms with Crippen LogP contribution in [0.15, 0.2) is 12.2 Å². The molecule has 1 aromatic rings. The van der Waals surface area contributed by atoms with Crippen LogP contribution in [0.4, 0.5) is 5.00 Å². The number of hydrogen-bond acceptors (Lipinski definition) is 5. The second-order valence-electron chi connectivity index (χ2n) is 4.37. The Balaban J connectivity index is 2.16. The summed E-state index contributed by atoms with van der Waals surface area (Å²) in [5, 5.41) is 12.5. The Bertz CT molecular complexity index is 611. The van der Waals surface area contributed by atoms with Gasteiger partial charge in [0.25, 0.3) is 0 Å². The van der Waals surface area contributed by atoms with E-state index in [0.717, 1.165) is 43.4 Å². The van der Waals surface area contributed by atoms with Crippen LogP contribution in [0, 0.1) is 11.3 Å². The Kier molecular flexibility index (Phi) is 4.53. The van der Waals surface area contributed by atoms with Crippen molar-refractivity contribution in [1.82, 2.24) is 0 Å². The minimum Gasteiger partial charge on any atom is -0.466 e. The lowest BCUT2D eigenvalue weighted by molar-refractivity contribution is -0.135. The van der Waals surface area contributed by atoms with Gasteiger partial charge in [-0.2, -0.15) is 5.26 Å². The lowest BCUT2D eigenvalue weighted by Gasteiger charge is -2.09. The molecule has 1 N–H and O–H groups in total. The summed E-state index contributed by atoms with van der Waals surface area (Å²) in [5.74, 6) is -1.03. The first-order chi connectivity index (χ1) is 9.65. The molecule has 0 saturated heterocycles. The molecule has 1 aliphatic carbocycles. The second-order valence-corrected chi connectivity index (χ2v) is 5.48. The van der Waals surface area contributed by atoms with Gasteiger partial charge in [0, 0.05) is 17.0 Å². The van der Waals surface area contributed by atoms with Gasteiger partial charge >= 0.3 is 5.97 Å². The Morgan fingerprint density at radius 2 is 2.10 bits per heavy atom. The quantitative estimate of drug-likeness (QED) is 0.683. The number of ether oxygens (including phenoxy) is 1. The van der Waals surface area contributed by atoms with Crippen molar-refractivity contribution in [1.29, 1.82) is 5.26 Å². The topological polar surface area (TPSA) is 79.2 Å². The molecule has 1 aliphatic rings. The van der Waals surface area contributed by atoms with Crippen LogP contribution in [-0.4, -0.2) is 19.0 Å². The van der Waals surface area contributed by atoms with Crippen molar-refractivity contribution in [3.8, 4) is 6.07 Å². The molecule has 0 bridgehead atoms. The van der Waals surface area contributed by atoms with Crippen molar-refractivity contribution in [2.75, 3.05) is 12.4 Å². The summed E-state index contributed by atoms with van der Waals surface area (Å²) in [7, 11) is 1.24. The summed E-state index contributed by atoms with van der Waals surface area (Å²) >= 11 is 1.45. The smallest absolute Gasteiger partial charge is 0.330 e. The van der Waals surface area contributed by atoms with E-state index in [1.807, 2.05) is 0 Å². The number of aryl methyl sites for hydroxylation is 1. The molecule has 20 heavy (non-hydrogen) atoms. The van der Waals surface area contributed by atoms with Crippen molar-refractivity contribution in [3.63, 3.8) is 0 Å². The fourth-order valence-corrected chi connectivity index (χ4v) is 3.38. The molecule has 0 saturated carbocycles. The highest BCUT2D eigenvalue weighted by atomic mass is 32.1. The standard InChI is InChI=1S/C14H14N2O3S/c1-19-13(18)7-6-12(17)16-14-10(8-15)9-4-2-3-5-11(9)20-14/h6-7H,2-5H2,1H3,(H,16,17). The molecule has 0 atom stereocenters. The van der Waals surface area contributed by atoms with E-state index in [1.165, 1.54) is 23.3 Å². The predicted molar refractivity (Wildman–Crippen MR) is 75.5 cm³/mol. The van der Waals surface area contributed by atoms with E-state index in [4.69, 9.17) is 0 Å². The number of carbonyl (C=O) groups excluding carboxylic acids is 2. The van der Waals surface area contributed by atoms with Crippen LogP contribution in [0.25, 0.3) is 0 Å². The van der Waals surface area contributed by atoms with Gasteiger partial charge in [-0.05, 0) is 31.2 Å². The molecular weight excluding hydrogens is 276 g/mol. The van der Waals surface area contributed by atoms with Crippen molar-refractivity contribution < 1.29 is 14.3 Å². The fraction of sp³-hybridized carbons (Fsp3) is 0.357. The fourth-order valence-electron chi connectivity index (χ4n) is 2.14. The van der Waals surface area contributed by atoms with Crippen LogP contribution in [0.2, 0.25) is 0 Å². The Labute approximate surface area is 120 Å². The molecular formula is C14H14N2O3S. The van der Waals surface area contributed by atoms with E-state index in [2.05, 4.69) is 16.1 Å². The van der Waals surface area contributed by atoms with E-state index >= 15 is 0 Å². The number of methoxy groups -OCH3 is 1. The van der Waals surface area contributed by atoms with E-state index in [0.29, 0.717) is 10.6 Å². The Morgan fingerprint density at radius 3 is 2.80 bits per heavy atom. The lowest BCUT2D eigenvalue weighted by atomic mass is 9.96. The number of carbonyl (C=O) groups is 2. The summed E-state index contributed by atoms with van der Waals surface area (Å²) in [5.41, 5.74) is 1.63. The monoisotopic (exact) mass is 290 g/mol. The first-order valence-electron chi connectivity index (χ1n) is 6.27. The SMILES string of the molecule is COC(=O)C=CC(=O)Nc1sc2c(c1C#N)CCCC2. The third-order valence-electron chi connectivity index (χ3n) is 3.09. The summed E-state index contributed by atoms with van der Waals surface area (Å²) in [4.78, 5) is 23.8. The number of esters is 1. The summed E-state index contributed by atoms with van der Waals surface area (Å²) in [6.07, 6.45) is 6.20. The molecule has 5 nitrogen and oxygen atoms in total. The van der Waals surface area contributed by atoms with Crippen LogP contribution in [-0.2, 0) is 27.2 Å². The molecule has 0 fully saturated rings. The molecule has 104 valence electrons. The van der Waals surface area contributed by atoms with E-state index in [-0.39, 0.29) is 0 Å². The van der Waals surface area contributed by atoms with Gasteiger partial charge in [-0.25, -0.2) is 4.79 Å². The number of hydrogen-bond donors (Lipinski definition) is 1. The molecule has 1 aromatic heterocycles. The second kappa shape index (κ2) is 6.35. The summed E-state index contributed by atoms with van der Waals surface area (Å²) in [6, 6.07) is 2.17. The molecule has 0 spiro atoms. The highest BCUT2D eigenvalue weighted by Crippen LogP contribution is 2.37. The zero-order chi connectivity index (χ0) is 14.5. The minimum atomic E-state index is -0.592. The molecule has 1 amide bonds. The molecule has 0 radical (unpaired) electrons. The third-order valence-corrected chi connectivity index (χ3v) is 4.30. The average Bonchev–Trinajstić information content (AvgIpc) is 2.81. The van der Waals surface area contributed by atoms with Crippen LogP contribution >= 0.6 is 11.3 Å². The van der Waals surface area contributed by atoms with Gasteiger partial charge in [0.15, 0.2) is 0 Å². The number of rotatable bonds is 3. The van der Waals surface area contributed by atoms with Crippen LogP contribution in [0.5, 0.6) is 0 Å². The maximum absolute atomic E-state index is 11.7. The number of nitrogens with one attached hydrogen (secondary N) is 1. The highest BCUT2D eigenvalue weighted by Gasteiger charge is 2.21. The van der Waals surface area contributed by atoms with Crippen molar-refractivity contribution >= 4 is 28.2 Å². The summed E-state index contributed by atoms with van der Waals surface area (Å²) in [6.45, 7) is 0.